The summed E-state index contributed by atoms with van der Waals surface area (Å²) in [6, 6.07) is 4.35. The average molecular weight is 215 g/mol. The minimum atomic E-state index is 0.281. The van der Waals surface area contributed by atoms with Gasteiger partial charge in [-0.1, -0.05) is 13.3 Å². The van der Waals surface area contributed by atoms with Gasteiger partial charge in [-0.15, -0.1) is 22.9 Å². The summed E-state index contributed by atoms with van der Waals surface area (Å²) in [5.41, 5.74) is 0. The smallest absolute Gasteiger partial charge is 0.0709 e. The van der Waals surface area contributed by atoms with Crippen molar-refractivity contribution in [3.63, 3.8) is 0 Å². The minimum Gasteiger partial charge on any atom is -0.144 e. The highest BCUT2D eigenvalue weighted by Gasteiger charge is 2.41. The van der Waals surface area contributed by atoms with Gasteiger partial charge in [-0.05, 0) is 37.3 Å². The van der Waals surface area contributed by atoms with Crippen LogP contribution in [0.25, 0.3) is 0 Å². The van der Waals surface area contributed by atoms with E-state index in [-0.39, 0.29) is 5.38 Å². The third-order valence-electron chi connectivity index (χ3n) is 2.91. The first-order valence-electron chi connectivity index (χ1n) is 4.92. The van der Waals surface area contributed by atoms with Crippen molar-refractivity contribution in [3.05, 3.63) is 21.9 Å². The Morgan fingerprint density at radius 2 is 2.38 bits per heavy atom. The topological polar surface area (TPSA) is 0 Å². The maximum absolute atomic E-state index is 6.40. The summed E-state index contributed by atoms with van der Waals surface area (Å²) < 4.78 is 0. The predicted molar refractivity (Wildman–Crippen MR) is 59.5 cm³/mol. The molecule has 1 saturated carbocycles. The van der Waals surface area contributed by atoms with E-state index in [9.17, 15) is 0 Å². The van der Waals surface area contributed by atoms with Crippen molar-refractivity contribution >= 4 is 22.9 Å². The van der Waals surface area contributed by atoms with E-state index in [0.29, 0.717) is 0 Å². The molecule has 2 rings (SSSR count). The highest BCUT2D eigenvalue weighted by molar-refractivity contribution is 7.12. The number of halogens is 1. The molecule has 1 heterocycles. The molecule has 0 bridgehead atoms. The Balaban J connectivity index is 2.02. The fourth-order valence-corrected chi connectivity index (χ4v) is 3.36. The standard InChI is InChI=1S/C11H15ClS/c1-3-8-6-9(8)11(12)10-5-4-7(2)13-10/h4-5,8-9,11H,3,6H2,1-2H3. The summed E-state index contributed by atoms with van der Waals surface area (Å²) in [6.07, 6.45) is 2.62. The van der Waals surface area contributed by atoms with Gasteiger partial charge in [-0.3, -0.25) is 0 Å². The minimum absolute atomic E-state index is 0.281. The first kappa shape index (κ1) is 9.54. The molecular weight excluding hydrogens is 200 g/mol. The zero-order valence-corrected chi connectivity index (χ0v) is 9.66. The zero-order valence-electron chi connectivity index (χ0n) is 8.09. The molecule has 72 valence electrons. The molecule has 1 aliphatic carbocycles. The Kier molecular flexibility index (Phi) is 2.66. The van der Waals surface area contributed by atoms with Gasteiger partial charge < -0.3 is 0 Å². The van der Waals surface area contributed by atoms with E-state index in [1.807, 2.05) is 11.3 Å². The highest BCUT2D eigenvalue weighted by Crippen LogP contribution is 2.53. The third-order valence-corrected chi connectivity index (χ3v) is 4.68. The fraction of sp³-hybridized carbons (Fsp3) is 0.636. The van der Waals surface area contributed by atoms with Gasteiger partial charge in [-0.2, -0.15) is 0 Å². The predicted octanol–water partition coefficient (Wildman–Crippen LogP) is 4.38. The number of rotatable bonds is 3. The van der Waals surface area contributed by atoms with E-state index in [1.165, 1.54) is 22.6 Å². The van der Waals surface area contributed by atoms with E-state index in [4.69, 9.17) is 11.6 Å². The van der Waals surface area contributed by atoms with Gasteiger partial charge in [0, 0.05) is 9.75 Å². The molecule has 13 heavy (non-hydrogen) atoms. The molecule has 1 aliphatic rings. The van der Waals surface area contributed by atoms with Crippen molar-refractivity contribution in [2.75, 3.05) is 0 Å². The quantitative estimate of drug-likeness (QED) is 0.655. The molecule has 2 heteroatoms. The molecule has 0 radical (unpaired) electrons. The Labute approximate surface area is 88.9 Å². The third kappa shape index (κ3) is 1.92. The Bertz CT molecular complexity index is 292. The van der Waals surface area contributed by atoms with E-state index in [1.54, 1.807) is 0 Å². The van der Waals surface area contributed by atoms with Gasteiger partial charge >= 0.3 is 0 Å². The summed E-state index contributed by atoms with van der Waals surface area (Å²) in [5, 5.41) is 0.281. The first-order valence-corrected chi connectivity index (χ1v) is 6.18. The van der Waals surface area contributed by atoms with Gasteiger partial charge in [0.15, 0.2) is 0 Å². The number of hydrogen-bond acceptors (Lipinski definition) is 1. The van der Waals surface area contributed by atoms with Crippen LogP contribution in [0, 0.1) is 18.8 Å². The molecule has 1 aromatic rings. The lowest BCUT2D eigenvalue weighted by atomic mass is 10.2. The number of alkyl halides is 1. The molecular formula is C11H15ClS. The SMILES string of the molecule is CCC1CC1C(Cl)c1ccc(C)s1. The number of thiophene rings is 1. The van der Waals surface area contributed by atoms with Crippen LogP contribution < -0.4 is 0 Å². The van der Waals surface area contributed by atoms with Crippen LogP contribution in [0.4, 0.5) is 0 Å². The lowest BCUT2D eigenvalue weighted by molar-refractivity contribution is 0.667. The van der Waals surface area contributed by atoms with Gasteiger partial charge in [0.1, 0.15) is 0 Å². The van der Waals surface area contributed by atoms with Crippen LogP contribution in [0.5, 0.6) is 0 Å². The van der Waals surface area contributed by atoms with Crippen molar-refractivity contribution < 1.29 is 0 Å². The maximum atomic E-state index is 6.40. The van der Waals surface area contributed by atoms with E-state index in [0.717, 1.165) is 11.8 Å². The average Bonchev–Trinajstić information content (AvgIpc) is 2.80. The molecule has 0 amide bonds. The normalized spacial score (nSPS) is 28.8. The second-order valence-electron chi connectivity index (χ2n) is 3.92. The molecule has 0 N–H and O–H groups in total. The van der Waals surface area contributed by atoms with Crippen molar-refractivity contribution in [1.29, 1.82) is 0 Å². The summed E-state index contributed by atoms with van der Waals surface area (Å²) in [7, 11) is 0. The van der Waals surface area contributed by atoms with Crippen LogP contribution in [0.3, 0.4) is 0 Å². The van der Waals surface area contributed by atoms with Gasteiger partial charge in [-0.25, -0.2) is 0 Å². The summed E-state index contributed by atoms with van der Waals surface area (Å²) in [5.74, 6) is 1.65. The molecule has 0 spiro atoms. The van der Waals surface area contributed by atoms with Crippen molar-refractivity contribution in [2.45, 2.75) is 32.1 Å². The van der Waals surface area contributed by atoms with Crippen molar-refractivity contribution in [1.82, 2.24) is 0 Å². The summed E-state index contributed by atoms with van der Waals surface area (Å²) in [6.45, 7) is 4.40. The van der Waals surface area contributed by atoms with E-state index < -0.39 is 0 Å². The molecule has 1 fully saturated rings. The Hall–Kier alpha value is -0.0100. The molecule has 0 aromatic carbocycles. The van der Waals surface area contributed by atoms with Gasteiger partial charge in [0.2, 0.25) is 0 Å². The molecule has 3 unspecified atom stereocenters. The zero-order chi connectivity index (χ0) is 9.42. The molecule has 0 aliphatic heterocycles. The van der Waals surface area contributed by atoms with E-state index in [2.05, 4.69) is 26.0 Å². The first-order chi connectivity index (χ1) is 6.22. The lowest BCUT2D eigenvalue weighted by Gasteiger charge is -2.04. The Morgan fingerprint density at radius 3 is 2.85 bits per heavy atom. The second-order valence-corrected chi connectivity index (χ2v) is 5.71. The maximum Gasteiger partial charge on any atom is 0.0709 e. The van der Waals surface area contributed by atoms with E-state index >= 15 is 0 Å². The highest BCUT2D eigenvalue weighted by atomic mass is 35.5. The van der Waals surface area contributed by atoms with Crippen molar-refractivity contribution in [3.8, 4) is 0 Å². The van der Waals surface area contributed by atoms with Crippen LogP contribution in [0.2, 0.25) is 0 Å². The molecule has 1 aromatic heterocycles. The monoisotopic (exact) mass is 214 g/mol. The van der Waals surface area contributed by atoms with Crippen LogP contribution >= 0.6 is 22.9 Å². The molecule has 0 nitrogen and oxygen atoms in total. The number of aryl methyl sites for hydroxylation is 1. The molecule has 3 atom stereocenters. The molecule has 0 saturated heterocycles. The van der Waals surface area contributed by atoms with Crippen LogP contribution in [-0.4, -0.2) is 0 Å². The second kappa shape index (κ2) is 3.62. The number of hydrogen-bond donors (Lipinski definition) is 0. The van der Waals surface area contributed by atoms with Gasteiger partial charge in [0.05, 0.1) is 5.38 Å². The van der Waals surface area contributed by atoms with Gasteiger partial charge in [0.25, 0.3) is 0 Å². The Morgan fingerprint density at radius 1 is 1.62 bits per heavy atom. The summed E-state index contributed by atoms with van der Waals surface area (Å²) in [4.78, 5) is 2.73. The van der Waals surface area contributed by atoms with Crippen molar-refractivity contribution in [2.24, 2.45) is 11.8 Å². The lowest BCUT2D eigenvalue weighted by Crippen LogP contribution is -1.91. The van der Waals surface area contributed by atoms with Crippen LogP contribution in [0.1, 0.15) is 34.9 Å². The fourth-order valence-electron chi connectivity index (χ4n) is 1.91. The van der Waals surface area contributed by atoms with Crippen LogP contribution in [-0.2, 0) is 0 Å². The summed E-state index contributed by atoms with van der Waals surface area (Å²) >= 11 is 8.25. The van der Waals surface area contributed by atoms with Crippen LogP contribution in [0.15, 0.2) is 12.1 Å². The largest absolute Gasteiger partial charge is 0.144 e.